The van der Waals surface area contributed by atoms with Gasteiger partial charge in [-0.1, -0.05) is 61.5 Å². The monoisotopic (exact) mass is 313 g/mol. The minimum atomic E-state index is 0. The van der Waals surface area contributed by atoms with Crippen LogP contribution in [0.1, 0.15) is 48.3 Å². The fraction of sp³-hybridized carbons (Fsp3) is 0.400. The maximum atomic E-state index is 2.69. The van der Waals surface area contributed by atoms with Crippen LogP contribution in [0.5, 0.6) is 0 Å². The van der Waals surface area contributed by atoms with E-state index in [9.17, 15) is 0 Å². The van der Waals surface area contributed by atoms with E-state index in [1.807, 2.05) is 0 Å². The van der Waals surface area contributed by atoms with Gasteiger partial charge in [-0.25, -0.2) is 0 Å². The van der Waals surface area contributed by atoms with E-state index < -0.39 is 0 Å². The number of rotatable bonds is 2. The van der Waals surface area contributed by atoms with Crippen molar-refractivity contribution >= 4 is 12.4 Å². The first-order valence-corrected chi connectivity index (χ1v) is 8.26. The summed E-state index contributed by atoms with van der Waals surface area (Å²) in [6, 6.07) is 21.0. The smallest absolute Gasteiger partial charge is 0.0173 e. The summed E-state index contributed by atoms with van der Waals surface area (Å²) in [4.78, 5) is 2.69. The average molecular weight is 314 g/mol. The van der Waals surface area contributed by atoms with Crippen LogP contribution >= 0.6 is 12.4 Å². The number of nitrogens with zero attached hydrogens (tertiary/aromatic N) is 1. The quantitative estimate of drug-likeness (QED) is 0.768. The van der Waals surface area contributed by atoms with E-state index in [-0.39, 0.29) is 12.4 Å². The van der Waals surface area contributed by atoms with Gasteiger partial charge >= 0.3 is 0 Å². The molecule has 2 aromatic rings. The van der Waals surface area contributed by atoms with E-state index in [2.05, 4.69) is 66.4 Å². The Morgan fingerprint density at radius 3 is 2.36 bits per heavy atom. The highest BCUT2D eigenvalue weighted by molar-refractivity contribution is 5.85. The molecule has 1 saturated heterocycles. The zero-order chi connectivity index (χ0) is 14.2. The third kappa shape index (κ3) is 2.47. The molecule has 0 spiro atoms. The Kier molecular flexibility index (Phi) is 4.56. The van der Waals surface area contributed by atoms with E-state index in [0.29, 0.717) is 5.92 Å². The predicted molar refractivity (Wildman–Crippen MR) is 95.0 cm³/mol. The van der Waals surface area contributed by atoms with Gasteiger partial charge in [0, 0.05) is 17.9 Å². The van der Waals surface area contributed by atoms with Crippen LogP contribution in [-0.2, 0) is 0 Å². The fourth-order valence-electron chi connectivity index (χ4n) is 4.52. The van der Waals surface area contributed by atoms with Gasteiger partial charge in [-0.05, 0) is 42.6 Å². The van der Waals surface area contributed by atoms with Crippen LogP contribution in [0.3, 0.4) is 0 Å². The molecule has 1 aliphatic heterocycles. The Hall–Kier alpha value is -1.31. The van der Waals surface area contributed by atoms with Crippen molar-refractivity contribution in [3.05, 3.63) is 71.3 Å². The van der Waals surface area contributed by atoms with E-state index in [1.54, 1.807) is 11.1 Å². The third-order valence-corrected chi connectivity index (χ3v) is 5.52. The van der Waals surface area contributed by atoms with Crippen molar-refractivity contribution in [1.29, 1.82) is 0 Å². The Bertz CT molecular complexity index is 625. The molecule has 0 amide bonds. The van der Waals surface area contributed by atoms with Crippen LogP contribution in [0.4, 0.5) is 0 Å². The fourth-order valence-corrected chi connectivity index (χ4v) is 4.52. The molecule has 2 aliphatic rings. The molecular formula is C20H24ClN. The van der Waals surface area contributed by atoms with Crippen LogP contribution in [0.15, 0.2) is 54.6 Å². The van der Waals surface area contributed by atoms with Gasteiger partial charge in [0.05, 0.1) is 0 Å². The molecule has 0 bridgehead atoms. The van der Waals surface area contributed by atoms with Gasteiger partial charge in [0.25, 0.3) is 0 Å². The molecule has 4 rings (SSSR count). The molecule has 0 saturated carbocycles. The molecule has 116 valence electrons. The van der Waals surface area contributed by atoms with Gasteiger partial charge in [0.2, 0.25) is 0 Å². The summed E-state index contributed by atoms with van der Waals surface area (Å²) in [6.07, 6.45) is 2.61. The van der Waals surface area contributed by atoms with Gasteiger partial charge in [0.1, 0.15) is 0 Å². The van der Waals surface area contributed by atoms with Crippen molar-refractivity contribution in [3.63, 3.8) is 0 Å². The molecule has 1 nitrogen and oxygen atoms in total. The highest BCUT2D eigenvalue weighted by Crippen LogP contribution is 2.48. The van der Waals surface area contributed by atoms with E-state index in [1.165, 1.54) is 31.5 Å². The predicted octanol–water partition coefficient (Wildman–Crippen LogP) is 4.82. The maximum Gasteiger partial charge on any atom is 0.0173 e. The molecule has 0 aromatic heterocycles. The molecule has 0 N–H and O–H groups in total. The van der Waals surface area contributed by atoms with Crippen LogP contribution in [0.25, 0.3) is 0 Å². The largest absolute Gasteiger partial charge is 0.300 e. The van der Waals surface area contributed by atoms with Gasteiger partial charge in [-0.15, -0.1) is 12.4 Å². The van der Waals surface area contributed by atoms with Gasteiger partial charge in [-0.3, -0.25) is 4.90 Å². The second-order valence-corrected chi connectivity index (χ2v) is 6.42. The Morgan fingerprint density at radius 2 is 1.64 bits per heavy atom. The first kappa shape index (κ1) is 15.6. The number of benzene rings is 2. The van der Waals surface area contributed by atoms with Crippen LogP contribution in [-0.4, -0.2) is 24.0 Å². The first-order chi connectivity index (χ1) is 10.4. The molecule has 0 radical (unpaired) electrons. The summed E-state index contributed by atoms with van der Waals surface area (Å²) >= 11 is 0. The molecular weight excluding hydrogens is 290 g/mol. The van der Waals surface area contributed by atoms with Crippen LogP contribution in [0.2, 0.25) is 0 Å². The maximum absolute atomic E-state index is 2.69. The van der Waals surface area contributed by atoms with Crippen molar-refractivity contribution in [3.8, 4) is 0 Å². The Labute approximate surface area is 139 Å². The van der Waals surface area contributed by atoms with Crippen molar-refractivity contribution in [2.24, 2.45) is 0 Å². The molecule has 2 heteroatoms. The lowest BCUT2D eigenvalue weighted by Crippen LogP contribution is -2.36. The molecule has 2 aromatic carbocycles. The normalized spacial score (nSPS) is 26.9. The first-order valence-electron chi connectivity index (χ1n) is 8.26. The SMILES string of the molecule is CCN1CCC2c3ccccc3C(c3ccccc3)C[C@@H]21.Cl. The van der Waals surface area contributed by atoms with E-state index in [4.69, 9.17) is 0 Å². The van der Waals surface area contributed by atoms with E-state index in [0.717, 1.165) is 12.0 Å². The molecule has 1 aliphatic carbocycles. The minimum Gasteiger partial charge on any atom is -0.300 e. The minimum absolute atomic E-state index is 0. The number of likely N-dealkylation sites (tertiary alicyclic amines) is 1. The zero-order valence-electron chi connectivity index (χ0n) is 13.1. The van der Waals surface area contributed by atoms with Crippen LogP contribution < -0.4 is 0 Å². The van der Waals surface area contributed by atoms with Gasteiger partial charge < -0.3 is 0 Å². The van der Waals surface area contributed by atoms with Gasteiger partial charge in [-0.2, -0.15) is 0 Å². The number of hydrogen-bond acceptors (Lipinski definition) is 1. The molecule has 2 unspecified atom stereocenters. The van der Waals surface area contributed by atoms with Crippen LogP contribution in [0, 0.1) is 0 Å². The summed E-state index contributed by atoms with van der Waals surface area (Å²) in [5.74, 6) is 1.32. The molecule has 1 heterocycles. The Morgan fingerprint density at radius 1 is 0.955 bits per heavy atom. The molecule has 1 fully saturated rings. The van der Waals surface area contributed by atoms with E-state index >= 15 is 0 Å². The summed E-state index contributed by atoms with van der Waals surface area (Å²) < 4.78 is 0. The average Bonchev–Trinajstić information content (AvgIpc) is 2.98. The zero-order valence-corrected chi connectivity index (χ0v) is 13.9. The number of likely N-dealkylation sites (N-methyl/N-ethyl adjacent to an activating group) is 1. The highest BCUT2D eigenvalue weighted by Gasteiger charge is 2.41. The van der Waals surface area contributed by atoms with Crippen molar-refractivity contribution in [2.45, 2.75) is 37.6 Å². The second kappa shape index (κ2) is 6.44. The summed E-state index contributed by atoms with van der Waals surface area (Å²) in [5, 5.41) is 0. The van der Waals surface area contributed by atoms with Crippen molar-refractivity contribution < 1.29 is 0 Å². The number of hydrogen-bond donors (Lipinski definition) is 0. The Balaban J connectivity index is 0.00000144. The molecule has 3 atom stereocenters. The van der Waals surface area contributed by atoms with Gasteiger partial charge in [0.15, 0.2) is 0 Å². The lowest BCUT2D eigenvalue weighted by Gasteiger charge is -2.38. The number of fused-ring (bicyclic) bond motifs is 3. The number of halogens is 1. The second-order valence-electron chi connectivity index (χ2n) is 6.42. The summed E-state index contributed by atoms with van der Waals surface area (Å²) in [5.41, 5.74) is 4.66. The molecule has 22 heavy (non-hydrogen) atoms. The lowest BCUT2D eigenvalue weighted by atomic mass is 9.71. The summed E-state index contributed by atoms with van der Waals surface area (Å²) in [6.45, 7) is 4.76. The van der Waals surface area contributed by atoms with Crippen molar-refractivity contribution in [1.82, 2.24) is 4.90 Å². The third-order valence-electron chi connectivity index (χ3n) is 5.52. The topological polar surface area (TPSA) is 3.24 Å². The highest BCUT2D eigenvalue weighted by atomic mass is 35.5. The van der Waals surface area contributed by atoms with Crippen molar-refractivity contribution in [2.75, 3.05) is 13.1 Å². The standard InChI is InChI=1S/C20H23N.ClH/c1-2-21-13-12-18-16-10-6-7-11-17(16)19(14-20(18)21)15-8-4-3-5-9-15;/h3-11,18-20H,2,12-14H2,1H3;1H/t18?,19?,20-;/m0./s1. The lowest BCUT2D eigenvalue weighted by molar-refractivity contribution is 0.230. The summed E-state index contributed by atoms with van der Waals surface area (Å²) in [7, 11) is 0.